The van der Waals surface area contributed by atoms with Gasteiger partial charge in [0.15, 0.2) is 0 Å². The van der Waals surface area contributed by atoms with E-state index in [1.165, 1.54) is 0 Å². The molecule has 0 bridgehead atoms. The molecule has 2 aromatic heterocycles. The first-order chi connectivity index (χ1) is 9.41. The molecule has 0 saturated heterocycles. The first-order valence-corrected chi connectivity index (χ1v) is 6.88. The van der Waals surface area contributed by atoms with E-state index < -0.39 is 0 Å². The van der Waals surface area contributed by atoms with Crippen molar-refractivity contribution >= 4 is 23.4 Å². The molecule has 2 N–H and O–H groups in total. The van der Waals surface area contributed by atoms with E-state index in [9.17, 15) is 4.79 Å². The van der Waals surface area contributed by atoms with E-state index in [0.717, 1.165) is 11.5 Å². The van der Waals surface area contributed by atoms with Gasteiger partial charge in [-0.05, 0) is 18.5 Å². The number of amides is 1. The molecule has 2 heterocycles. The number of anilines is 1. The third-order valence-corrected chi connectivity index (χ3v) is 3.10. The number of nitrogens with one attached hydrogen (secondary N) is 2. The highest BCUT2D eigenvalue weighted by Crippen LogP contribution is 2.26. The molecule has 0 radical (unpaired) electrons. The van der Waals surface area contributed by atoms with Gasteiger partial charge in [-0.1, -0.05) is 25.3 Å². The zero-order chi connectivity index (χ0) is 14.8. The molecule has 20 heavy (non-hydrogen) atoms. The number of carbonyl (C=O) groups excluding carboxylic acids is 1. The van der Waals surface area contributed by atoms with Crippen LogP contribution in [0.1, 0.15) is 43.1 Å². The number of aromatic nitrogens is 5. The number of H-pyrrole nitrogens is 1. The predicted octanol–water partition coefficient (Wildman–Crippen LogP) is 1.60. The maximum Gasteiger partial charge on any atom is 0.337 e. The largest absolute Gasteiger partial charge is 0.463 e. The summed E-state index contributed by atoms with van der Waals surface area (Å²) in [6.45, 7) is 8.21. The Labute approximate surface area is 120 Å². The van der Waals surface area contributed by atoms with Crippen LogP contribution in [0.2, 0.25) is 0 Å². The Bertz CT molecular complexity index is 600. The second kappa shape index (κ2) is 5.53. The summed E-state index contributed by atoms with van der Waals surface area (Å²) in [5.74, 6) is -0.0872. The molecule has 0 fully saturated rings. The highest BCUT2D eigenvalue weighted by Gasteiger charge is 2.26. The maximum atomic E-state index is 12.2. The predicted molar refractivity (Wildman–Crippen MR) is 74.1 cm³/mol. The van der Waals surface area contributed by atoms with Gasteiger partial charge >= 0.3 is 6.01 Å². The van der Waals surface area contributed by atoms with Crippen LogP contribution in [-0.2, 0) is 5.41 Å². The molecule has 2 rings (SSSR count). The Morgan fingerprint density at radius 1 is 1.45 bits per heavy atom. The summed E-state index contributed by atoms with van der Waals surface area (Å²) in [6.07, 6.45) is 0. The Hall–Kier alpha value is -2.03. The number of ether oxygens (including phenoxy) is 1. The lowest BCUT2D eigenvalue weighted by molar-refractivity contribution is 0.102. The van der Waals surface area contributed by atoms with Gasteiger partial charge in [0, 0.05) is 5.41 Å². The van der Waals surface area contributed by atoms with Crippen molar-refractivity contribution in [2.75, 3.05) is 11.9 Å². The van der Waals surface area contributed by atoms with Gasteiger partial charge in [0.25, 0.3) is 5.91 Å². The fourth-order valence-corrected chi connectivity index (χ4v) is 2.26. The fourth-order valence-electron chi connectivity index (χ4n) is 1.49. The van der Waals surface area contributed by atoms with Gasteiger partial charge in [-0.15, -0.1) is 10.2 Å². The molecule has 0 saturated carbocycles. The number of rotatable bonds is 4. The van der Waals surface area contributed by atoms with Gasteiger partial charge in [-0.3, -0.25) is 10.1 Å². The van der Waals surface area contributed by atoms with E-state index in [1.807, 2.05) is 27.7 Å². The molecule has 108 valence electrons. The molecule has 0 spiro atoms. The molecule has 0 aliphatic rings. The second-order valence-corrected chi connectivity index (χ2v) is 5.81. The highest BCUT2D eigenvalue weighted by atomic mass is 32.1. The van der Waals surface area contributed by atoms with Crippen LogP contribution in [0, 0.1) is 0 Å². The molecule has 2 aromatic rings. The van der Waals surface area contributed by atoms with E-state index in [1.54, 1.807) is 0 Å². The Kier molecular flexibility index (Phi) is 3.98. The van der Waals surface area contributed by atoms with E-state index in [0.29, 0.717) is 17.2 Å². The molecular formula is C11H16N6O2S. The normalized spacial score (nSPS) is 11.4. The van der Waals surface area contributed by atoms with Crippen molar-refractivity contribution in [2.45, 2.75) is 33.1 Å². The van der Waals surface area contributed by atoms with Gasteiger partial charge in [0.05, 0.1) is 12.3 Å². The number of aromatic amines is 1. The van der Waals surface area contributed by atoms with E-state index in [-0.39, 0.29) is 23.3 Å². The van der Waals surface area contributed by atoms with Crippen LogP contribution in [0.3, 0.4) is 0 Å². The van der Waals surface area contributed by atoms with Crippen molar-refractivity contribution in [1.29, 1.82) is 0 Å². The summed E-state index contributed by atoms with van der Waals surface area (Å²) in [6, 6.07) is 0.196. The monoisotopic (exact) mass is 296 g/mol. The lowest BCUT2D eigenvalue weighted by Gasteiger charge is -2.15. The van der Waals surface area contributed by atoms with Crippen molar-refractivity contribution in [3.8, 4) is 6.01 Å². The standard InChI is InChI=1S/C11H16N6O2S/c1-5-19-10-13-9(15-16-10)12-8(18)6-7(11(2,3)4)14-17-20-6/h5H2,1-4H3,(H2,12,13,15,16,18). The van der Waals surface area contributed by atoms with Crippen molar-refractivity contribution in [2.24, 2.45) is 0 Å². The smallest absolute Gasteiger partial charge is 0.337 e. The zero-order valence-corrected chi connectivity index (χ0v) is 12.5. The van der Waals surface area contributed by atoms with Crippen molar-refractivity contribution in [1.82, 2.24) is 24.8 Å². The summed E-state index contributed by atoms with van der Waals surface area (Å²) >= 11 is 1.05. The Morgan fingerprint density at radius 3 is 2.85 bits per heavy atom. The third kappa shape index (κ3) is 3.10. The maximum absolute atomic E-state index is 12.2. The second-order valence-electron chi connectivity index (χ2n) is 5.05. The van der Waals surface area contributed by atoms with Crippen LogP contribution in [-0.4, -0.2) is 37.3 Å². The minimum Gasteiger partial charge on any atom is -0.463 e. The van der Waals surface area contributed by atoms with Gasteiger partial charge in [0.2, 0.25) is 5.95 Å². The van der Waals surface area contributed by atoms with Gasteiger partial charge < -0.3 is 4.74 Å². The van der Waals surface area contributed by atoms with Crippen molar-refractivity contribution in [3.63, 3.8) is 0 Å². The van der Waals surface area contributed by atoms with Gasteiger partial charge in [0.1, 0.15) is 4.88 Å². The average Bonchev–Trinajstić information content (AvgIpc) is 2.97. The van der Waals surface area contributed by atoms with Crippen LogP contribution < -0.4 is 10.1 Å². The zero-order valence-electron chi connectivity index (χ0n) is 11.7. The van der Waals surface area contributed by atoms with Crippen LogP contribution in [0.25, 0.3) is 0 Å². The summed E-state index contributed by atoms with van der Waals surface area (Å²) in [4.78, 5) is 16.6. The SMILES string of the molecule is CCOc1n[nH]c(NC(=O)c2snnc2C(C)(C)C)n1. The molecule has 0 aromatic carbocycles. The quantitative estimate of drug-likeness (QED) is 0.887. The van der Waals surface area contributed by atoms with Crippen LogP contribution in [0.4, 0.5) is 5.95 Å². The molecule has 9 heteroatoms. The van der Waals surface area contributed by atoms with E-state index in [2.05, 4.69) is 30.1 Å². The lowest BCUT2D eigenvalue weighted by Crippen LogP contribution is -2.20. The summed E-state index contributed by atoms with van der Waals surface area (Å²) in [5.41, 5.74) is 0.405. The van der Waals surface area contributed by atoms with E-state index in [4.69, 9.17) is 4.74 Å². The van der Waals surface area contributed by atoms with Crippen LogP contribution >= 0.6 is 11.5 Å². The van der Waals surface area contributed by atoms with Crippen molar-refractivity contribution < 1.29 is 9.53 Å². The molecule has 0 unspecified atom stereocenters. The minimum absolute atomic E-state index is 0.196. The number of hydrogen-bond donors (Lipinski definition) is 2. The first-order valence-electron chi connectivity index (χ1n) is 6.11. The molecular weight excluding hydrogens is 280 g/mol. The molecule has 8 nitrogen and oxygen atoms in total. The van der Waals surface area contributed by atoms with Crippen molar-refractivity contribution in [3.05, 3.63) is 10.6 Å². The summed E-state index contributed by atoms with van der Waals surface area (Å²) in [7, 11) is 0. The Morgan fingerprint density at radius 2 is 2.20 bits per heavy atom. The summed E-state index contributed by atoms with van der Waals surface area (Å²) in [5, 5.41) is 13.0. The number of hydrogen-bond acceptors (Lipinski definition) is 7. The number of nitrogens with zero attached hydrogens (tertiary/aromatic N) is 4. The van der Waals surface area contributed by atoms with E-state index >= 15 is 0 Å². The molecule has 0 aliphatic carbocycles. The average molecular weight is 296 g/mol. The number of carbonyl (C=O) groups is 1. The highest BCUT2D eigenvalue weighted by molar-refractivity contribution is 7.08. The topological polar surface area (TPSA) is 106 Å². The molecule has 0 atom stereocenters. The van der Waals surface area contributed by atoms with Crippen LogP contribution in [0.15, 0.2) is 0 Å². The fraction of sp³-hybridized carbons (Fsp3) is 0.545. The first kappa shape index (κ1) is 14.4. The Balaban J connectivity index is 2.14. The van der Waals surface area contributed by atoms with Crippen LogP contribution in [0.5, 0.6) is 6.01 Å². The molecule has 0 aliphatic heterocycles. The van der Waals surface area contributed by atoms with Gasteiger partial charge in [-0.25, -0.2) is 5.10 Å². The lowest BCUT2D eigenvalue weighted by atomic mass is 9.91. The molecule has 1 amide bonds. The third-order valence-electron chi connectivity index (χ3n) is 2.37. The summed E-state index contributed by atoms with van der Waals surface area (Å²) < 4.78 is 8.96. The van der Waals surface area contributed by atoms with Gasteiger partial charge in [-0.2, -0.15) is 4.98 Å². The minimum atomic E-state index is -0.316.